The molecule has 0 aliphatic carbocycles. The molecule has 5 heteroatoms. The average molecular weight is 242 g/mol. The number of nitrogens with one attached hydrogen (secondary N) is 2. The van der Waals surface area contributed by atoms with Crippen molar-refractivity contribution in [2.45, 2.75) is 6.92 Å². The molecule has 1 aromatic carbocycles. The first-order chi connectivity index (χ1) is 8.69. The fraction of sp³-hybridized carbons (Fsp3) is 0.154. The van der Waals surface area contributed by atoms with Crippen LogP contribution in [0.15, 0.2) is 36.5 Å². The molecule has 0 spiro atoms. The monoisotopic (exact) mass is 242 g/mol. The summed E-state index contributed by atoms with van der Waals surface area (Å²) in [6, 6.07) is 9.00. The third-order valence-electron chi connectivity index (χ3n) is 2.40. The maximum atomic E-state index is 11.5. The SMILES string of the molecule is CNC(=O)c1cccc(Nc2nccc(C)n2)c1. The second-order valence-corrected chi connectivity index (χ2v) is 3.81. The van der Waals surface area contributed by atoms with Gasteiger partial charge in [-0.1, -0.05) is 6.07 Å². The van der Waals surface area contributed by atoms with Gasteiger partial charge in [0.1, 0.15) is 0 Å². The fourth-order valence-corrected chi connectivity index (χ4v) is 1.52. The van der Waals surface area contributed by atoms with E-state index in [0.717, 1.165) is 11.4 Å². The number of benzene rings is 1. The molecule has 0 radical (unpaired) electrons. The number of amides is 1. The Hall–Kier alpha value is -2.43. The molecule has 1 amide bonds. The van der Waals surface area contributed by atoms with Crippen molar-refractivity contribution in [3.63, 3.8) is 0 Å². The smallest absolute Gasteiger partial charge is 0.251 e. The molecule has 2 aromatic rings. The number of aryl methyl sites for hydroxylation is 1. The largest absolute Gasteiger partial charge is 0.355 e. The highest BCUT2D eigenvalue weighted by Crippen LogP contribution is 2.14. The van der Waals surface area contributed by atoms with Crippen LogP contribution >= 0.6 is 0 Å². The average Bonchev–Trinajstić information content (AvgIpc) is 2.38. The molecule has 0 aliphatic heterocycles. The van der Waals surface area contributed by atoms with Gasteiger partial charge in [0.15, 0.2) is 0 Å². The van der Waals surface area contributed by atoms with Crippen LogP contribution in [0.2, 0.25) is 0 Å². The summed E-state index contributed by atoms with van der Waals surface area (Å²) in [5.41, 5.74) is 2.26. The summed E-state index contributed by atoms with van der Waals surface area (Å²) >= 11 is 0. The first kappa shape index (κ1) is 12.0. The Morgan fingerprint density at radius 1 is 1.28 bits per heavy atom. The Labute approximate surface area is 105 Å². The lowest BCUT2D eigenvalue weighted by Crippen LogP contribution is -2.17. The zero-order valence-electron chi connectivity index (χ0n) is 10.3. The van der Waals surface area contributed by atoms with Crippen molar-refractivity contribution in [1.29, 1.82) is 0 Å². The molecule has 2 rings (SSSR count). The molecule has 0 atom stereocenters. The lowest BCUT2D eigenvalue weighted by atomic mass is 10.2. The van der Waals surface area contributed by atoms with E-state index < -0.39 is 0 Å². The van der Waals surface area contributed by atoms with Gasteiger partial charge in [-0.05, 0) is 31.2 Å². The highest BCUT2D eigenvalue weighted by molar-refractivity contribution is 5.95. The van der Waals surface area contributed by atoms with Gasteiger partial charge in [0.2, 0.25) is 5.95 Å². The highest BCUT2D eigenvalue weighted by Gasteiger charge is 2.04. The number of carbonyl (C=O) groups excluding carboxylic acids is 1. The summed E-state index contributed by atoms with van der Waals surface area (Å²) in [4.78, 5) is 19.8. The lowest BCUT2D eigenvalue weighted by Gasteiger charge is -2.06. The summed E-state index contributed by atoms with van der Waals surface area (Å²) in [6.07, 6.45) is 1.69. The van der Waals surface area contributed by atoms with Crippen molar-refractivity contribution < 1.29 is 4.79 Å². The van der Waals surface area contributed by atoms with E-state index in [-0.39, 0.29) is 5.91 Å². The van der Waals surface area contributed by atoms with Gasteiger partial charge in [0.25, 0.3) is 5.91 Å². The van der Waals surface area contributed by atoms with Crippen LogP contribution in [0, 0.1) is 6.92 Å². The van der Waals surface area contributed by atoms with Crippen molar-refractivity contribution in [3.05, 3.63) is 47.8 Å². The van der Waals surface area contributed by atoms with Crippen LogP contribution in [0.3, 0.4) is 0 Å². The van der Waals surface area contributed by atoms with Crippen LogP contribution in [-0.2, 0) is 0 Å². The summed E-state index contributed by atoms with van der Waals surface area (Å²) < 4.78 is 0. The molecule has 0 aliphatic rings. The van der Waals surface area contributed by atoms with E-state index in [9.17, 15) is 4.79 Å². The maximum Gasteiger partial charge on any atom is 0.251 e. The number of aromatic nitrogens is 2. The predicted octanol–water partition coefficient (Wildman–Crippen LogP) is 1.89. The molecule has 0 saturated carbocycles. The number of anilines is 2. The number of rotatable bonds is 3. The van der Waals surface area contributed by atoms with Crippen molar-refractivity contribution in [2.75, 3.05) is 12.4 Å². The van der Waals surface area contributed by atoms with Gasteiger partial charge in [-0.25, -0.2) is 9.97 Å². The van der Waals surface area contributed by atoms with E-state index in [1.54, 1.807) is 25.4 Å². The van der Waals surface area contributed by atoms with E-state index in [1.807, 2.05) is 25.1 Å². The topological polar surface area (TPSA) is 66.9 Å². The van der Waals surface area contributed by atoms with Crippen LogP contribution in [0.1, 0.15) is 16.1 Å². The van der Waals surface area contributed by atoms with Gasteiger partial charge < -0.3 is 10.6 Å². The Bertz CT molecular complexity index is 568. The van der Waals surface area contributed by atoms with E-state index >= 15 is 0 Å². The van der Waals surface area contributed by atoms with Crippen molar-refractivity contribution in [3.8, 4) is 0 Å². The van der Waals surface area contributed by atoms with E-state index in [1.165, 1.54) is 0 Å². The van der Waals surface area contributed by atoms with Gasteiger partial charge >= 0.3 is 0 Å². The molecule has 1 aromatic heterocycles. The minimum absolute atomic E-state index is 0.121. The van der Waals surface area contributed by atoms with Crippen LogP contribution in [0.25, 0.3) is 0 Å². The van der Waals surface area contributed by atoms with Crippen LogP contribution in [0.5, 0.6) is 0 Å². The Balaban J connectivity index is 2.22. The van der Waals surface area contributed by atoms with Gasteiger partial charge in [0, 0.05) is 30.2 Å². The minimum Gasteiger partial charge on any atom is -0.355 e. The number of nitrogens with zero attached hydrogens (tertiary/aromatic N) is 2. The molecule has 0 saturated heterocycles. The Morgan fingerprint density at radius 3 is 2.83 bits per heavy atom. The number of hydrogen-bond donors (Lipinski definition) is 2. The Morgan fingerprint density at radius 2 is 2.11 bits per heavy atom. The van der Waals surface area contributed by atoms with Crippen molar-refractivity contribution in [1.82, 2.24) is 15.3 Å². The zero-order valence-corrected chi connectivity index (χ0v) is 10.3. The first-order valence-electron chi connectivity index (χ1n) is 5.58. The second-order valence-electron chi connectivity index (χ2n) is 3.81. The molecule has 1 heterocycles. The summed E-state index contributed by atoms with van der Waals surface area (Å²) in [5, 5.41) is 5.65. The van der Waals surface area contributed by atoms with Gasteiger partial charge in [0.05, 0.1) is 0 Å². The van der Waals surface area contributed by atoms with Crippen LogP contribution in [-0.4, -0.2) is 22.9 Å². The second kappa shape index (κ2) is 5.27. The summed E-state index contributed by atoms with van der Waals surface area (Å²) in [6.45, 7) is 1.90. The number of carbonyl (C=O) groups is 1. The molecule has 2 N–H and O–H groups in total. The van der Waals surface area contributed by atoms with E-state index in [0.29, 0.717) is 11.5 Å². The molecule has 92 valence electrons. The zero-order chi connectivity index (χ0) is 13.0. The van der Waals surface area contributed by atoms with Crippen LogP contribution in [0.4, 0.5) is 11.6 Å². The quantitative estimate of drug-likeness (QED) is 0.862. The number of hydrogen-bond acceptors (Lipinski definition) is 4. The normalized spacial score (nSPS) is 9.89. The van der Waals surface area contributed by atoms with E-state index in [4.69, 9.17) is 0 Å². The predicted molar refractivity (Wildman–Crippen MR) is 69.9 cm³/mol. The summed E-state index contributed by atoms with van der Waals surface area (Å²) in [5.74, 6) is 0.396. The first-order valence-corrected chi connectivity index (χ1v) is 5.58. The summed E-state index contributed by atoms with van der Waals surface area (Å²) in [7, 11) is 1.60. The van der Waals surface area contributed by atoms with Gasteiger partial charge in [-0.2, -0.15) is 0 Å². The molecular weight excluding hydrogens is 228 g/mol. The molecule has 0 fully saturated rings. The molecule has 0 unspecified atom stereocenters. The molecular formula is C13H14N4O. The van der Waals surface area contributed by atoms with Gasteiger partial charge in [-0.15, -0.1) is 0 Å². The third-order valence-corrected chi connectivity index (χ3v) is 2.40. The third kappa shape index (κ3) is 2.82. The highest BCUT2D eigenvalue weighted by atomic mass is 16.1. The van der Waals surface area contributed by atoms with Crippen molar-refractivity contribution in [2.24, 2.45) is 0 Å². The van der Waals surface area contributed by atoms with Crippen LogP contribution < -0.4 is 10.6 Å². The maximum absolute atomic E-state index is 11.5. The molecule has 18 heavy (non-hydrogen) atoms. The minimum atomic E-state index is -0.121. The fourth-order valence-electron chi connectivity index (χ4n) is 1.52. The molecule has 5 nitrogen and oxygen atoms in total. The van der Waals surface area contributed by atoms with Gasteiger partial charge in [-0.3, -0.25) is 4.79 Å². The van der Waals surface area contributed by atoms with Crippen molar-refractivity contribution >= 4 is 17.5 Å². The van der Waals surface area contributed by atoms with E-state index in [2.05, 4.69) is 20.6 Å². The molecule has 0 bridgehead atoms. The standard InChI is InChI=1S/C13H14N4O/c1-9-6-7-15-13(16-9)17-11-5-3-4-10(8-11)12(18)14-2/h3-8H,1-2H3,(H,14,18)(H,15,16,17). The lowest BCUT2D eigenvalue weighted by molar-refractivity contribution is 0.0963. The Kier molecular flexibility index (Phi) is 3.52.